The molecule has 0 saturated heterocycles. The van der Waals surface area contributed by atoms with Gasteiger partial charge >= 0.3 is 0 Å². The third-order valence-corrected chi connectivity index (χ3v) is 5.87. The van der Waals surface area contributed by atoms with E-state index in [9.17, 15) is 18.0 Å². The van der Waals surface area contributed by atoms with Gasteiger partial charge in [0.05, 0.1) is 15.6 Å². The Morgan fingerprint density at radius 2 is 1.72 bits per heavy atom. The maximum Gasteiger partial charge on any atom is 0.262 e. The lowest BCUT2D eigenvalue weighted by Crippen LogP contribution is -2.25. The highest BCUT2D eigenvalue weighted by atomic mass is 35.5. The number of amides is 2. The number of nitrogens with one attached hydrogen (secondary N) is 3. The van der Waals surface area contributed by atoms with Crippen molar-refractivity contribution in [3.8, 4) is 0 Å². The Morgan fingerprint density at radius 1 is 1.03 bits per heavy atom. The molecule has 29 heavy (non-hydrogen) atoms. The van der Waals surface area contributed by atoms with Crippen molar-refractivity contribution in [2.24, 2.45) is 0 Å². The molecular formula is C20H24ClN3O4S. The molecule has 2 rings (SSSR count). The van der Waals surface area contributed by atoms with Gasteiger partial charge in [0, 0.05) is 25.1 Å². The van der Waals surface area contributed by atoms with Crippen molar-refractivity contribution >= 4 is 44.8 Å². The first-order valence-electron chi connectivity index (χ1n) is 9.17. The number of benzene rings is 2. The average Bonchev–Trinajstić information content (AvgIpc) is 2.67. The lowest BCUT2D eigenvalue weighted by Gasteiger charge is -2.13. The van der Waals surface area contributed by atoms with E-state index in [-0.39, 0.29) is 40.3 Å². The van der Waals surface area contributed by atoms with E-state index < -0.39 is 10.0 Å². The number of halogens is 1. The van der Waals surface area contributed by atoms with Crippen LogP contribution in [0.4, 0.5) is 11.4 Å². The van der Waals surface area contributed by atoms with Crippen molar-refractivity contribution in [3.05, 3.63) is 53.1 Å². The number of hydrogen-bond donors (Lipinski definition) is 3. The molecule has 2 aromatic carbocycles. The lowest BCUT2D eigenvalue weighted by atomic mass is 10.2. The summed E-state index contributed by atoms with van der Waals surface area (Å²) >= 11 is 6.03. The molecule has 0 aliphatic rings. The molecule has 0 aliphatic carbocycles. The van der Waals surface area contributed by atoms with Crippen molar-refractivity contribution in [3.63, 3.8) is 0 Å². The molecule has 0 aliphatic heterocycles. The van der Waals surface area contributed by atoms with Crippen molar-refractivity contribution in [2.45, 2.75) is 38.0 Å². The second kappa shape index (κ2) is 10.3. The van der Waals surface area contributed by atoms with Gasteiger partial charge in [-0.05, 0) is 43.2 Å². The van der Waals surface area contributed by atoms with Crippen LogP contribution in [0.25, 0.3) is 0 Å². The Bertz CT molecular complexity index is 993. The maximum absolute atomic E-state index is 12.8. The predicted molar refractivity (Wildman–Crippen MR) is 115 cm³/mol. The fourth-order valence-corrected chi connectivity index (χ4v) is 4.10. The molecule has 0 radical (unpaired) electrons. The highest BCUT2D eigenvalue weighted by Gasteiger charge is 2.19. The van der Waals surface area contributed by atoms with E-state index in [4.69, 9.17) is 11.6 Å². The SMILES string of the molecule is CCCNC(=O)CCC(=O)Nc1ccc(C)c(S(=O)(=O)Nc2ccccc2Cl)c1. The molecule has 3 N–H and O–H groups in total. The van der Waals surface area contributed by atoms with Gasteiger partial charge in [-0.1, -0.05) is 36.7 Å². The van der Waals surface area contributed by atoms with Crippen LogP contribution in [0.2, 0.25) is 5.02 Å². The van der Waals surface area contributed by atoms with Gasteiger partial charge in [0.2, 0.25) is 11.8 Å². The van der Waals surface area contributed by atoms with E-state index in [0.29, 0.717) is 17.8 Å². The number of rotatable bonds is 9. The molecule has 156 valence electrons. The fourth-order valence-electron chi connectivity index (χ4n) is 2.51. The zero-order valence-electron chi connectivity index (χ0n) is 16.3. The molecule has 2 aromatic rings. The van der Waals surface area contributed by atoms with Gasteiger partial charge in [-0.25, -0.2) is 8.42 Å². The van der Waals surface area contributed by atoms with Gasteiger partial charge < -0.3 is 10.6 Å². The lowest BCUT2D eigenvalue weighted by molar-refractivity contribution is -0.124. The van der Waals surface area contributed by atoms with E-state index in [1.54, 1.807) is 43.3 Å². The van der Waals surface area contributed by atoms with E-state index in [2.05, 4.69) is 15.4 Å². The molecule has 0 unspecified atom stereocenters. The molecule has 7 nitrogen and oxygen atoms in total. The normalized spacial score (nSPS) is 11.0. The maximum atomic E-state index is 12.8. The topological polar surface area (TPSA) is 104 Å². The molecule has 0 fully saturated rings. The summed E-state index contributed by atoms with van der Waals surface area (Å²) in [7, 11) is -3.91. The summed E-state index contributed by atoms with van der Waals surface area (Å²) < 4.78 is 28.0. The van der Waals surface area contributed by atoms with Crippen LogP contribution >= 0.6 is 11.6 Å². The van der Waals surface area contributed by atoms with Gasteiger partial charge in [0.1, 0.15) is 0 Å². The molecule has 0 saturated carbocycles. The predicted octanol–water partition coefficient (Wildman–Crippen LogP) is 3.69. The average molecular weight is 438 g/mol. The van der Waals surface area contributed by atoms with Crippen LogP contribution in [0.1, 0.15) is 31.7 Å². The first kappa shape index (κ1) is 22.7. The number of carbonyl (C=O) groups excluding carboxylic acids is 2. The summed E-state index contributed by atoms with van der Waals surface area (Å²) in [6.07, 6.45) is 0.890. The molecule has 0 atom stereocenters. The molecular weight excluding hydrogens is 414 g/mol. The molecule has 9 heteroatoms. The van der Waals surface area contributed by atoms with Crippen LogP contribution < -0.4 is 15.4 Å². The van der Waals surface area contributed by atoms with Crippen LogP contribution in [0.3, 0.4) is 0 Å². The van der Waals surface area contributed by atoms with Gasteiger partial charge in [-0.2, -0.15) is 0 Å². The molecule has 0 spiro atoms. The highest BCUT2D eigenvalue weighted by Crippen LogP contribution is 2.26. The summed E-state index contributed by atoms with van der Waals surface area (Å²) in [5.41, 5.74) is 1.11. The van der Waals surface area contributed by atoms with E-state index >= 15 is 0 Å². The zero-order chi connectivity index (χ0) is 21.4. The summed E-state index contributed by atoms with van der Waals surface area (Å²) in [4.78, 5) is 23.7. The van der Waals surface area contributed by atoms with Crippen LogP contribution in [-0.4, -0.2) is 26.8 Å². The van der Waals surface area contributed by atoms with Crippen molar-refractivity contribution in [1.29, 1.82) is 0 Å². The molecule has 0 aromatic heterocycles. The second-order valence-electron chi connectivity index (χ2n) is 6.46. The Kier molecular flexibility index (Phi) is 8.04. The number of carbonyl (C=O) groups is 2. The number of hydrogen-bond acceptors (Lipinski definition) is 4. The summed E-state index contributed by atoms with van der Waals surface area (Å²) in [6.45, 7) is 4.17. The standard InChI is InChI=1S/C20H24ClN3O4S/c1-3-12-22-19(25)10-11-20(26)23-15-9-8-14(2)18(13-15)29(27,28)24-17-7-5-4-6-16(17)21/h4-9,13,24H,3,10-12H2,1-2H3,(H,22,25)(H,23,26). The minimum Gasteiger partial charge on any atom is -0.356 e. The van der Waals surface area contributed by atoms with Gasteiger partial charge in [0.15, 0.2) is 0 Å². The van der Waals surface area contributed by atoms with Gasteiger partial charge in [0.25, 0.3) is 10.0 Å². The van der Waals surface area contributed by atoms with Crippen LogP contribution in [0, 0.1) is 6.92 Å². The smallest absolute Gasteiger partial charge is 0.262 e. The number of para-hydroxylation sites is 1. The van der Waals surface area contributed by atoms with Crippen molar-refractivity contribution < 1.29 is 18.0 Å². The monoisotopic (exact) mass is 437 g/mol. The first-order valence-corrected chi connectivity index (χ1v) is 11.0. The summed E-state index contributed by atoms with van der Waals surface area (Å²) in [5, 5.41) is 5.61. The summed E-state index contributed by atoms with van der Waals surface area (Å²) in [6, 6.07) is 11.1. The Hall–Kier alpha value is -2.58. The quantitative estimate of drug-likeness (QED) is 0.556. The number of anilines is 2. The minimum atomic E-state index is -3.91. The van der Waals surface area contributed by atoms with Crippen LogP contribution in [-0.2, 0) is 19.6 Å². The Balaban J connectivity index is 2.10. The second-order valence-corrected chi connectivity index (χ2v) is 8.52. The van der Waals surface area contributed by atoms with Gasteiger partial charge in [-0.3, -0.25) is 14.3 Å². The highest BCUT2D eigenvalue weighted by molar-refractivity contribution is 7.92. The van der Waals surface area contributed by atoms with E-state index in [1.807, 2.05) is 6.92 Å². The number of sulfonamides is 1. The zero-order valence-corrected chi connectivity index (χ0v) is 17.9. The van der Waals surface area contributed by atoms with Crippen molar-refractivity contribution in [2.75, 3.05) is 16.6 Å². The molecule has 0 heterocycles. The van der Waals surface area contributed by atoms with Crippen LogP contribution in [0.15, 0.2) is 47.4 Å². The van der Waals surface area contributed by atoms with Crippen molar-refractivity contribution in [1.82, 2.24) is 5.32 Å². The van der Waals surface area contributed by atoms with Crippen LogP contribution in [0.5, 0.6) is 0 Å². The third kappa shape index (κ3) is 6.76. The minimum absolute atomic E-state index is 0.00335. The number of aryl methyl sites for hydroxylation is 1. The first-order chi connectivity index (χ1) is 13.7. The Morgan fingerprint density at radius 3 is 2.41 bits per heavy atom. The van der Waals surface area contributed by atoms with E-state index in [0.717, 1.165) is 6.42 Å². The van der Waals surface area contributed by atoms with E-state index in [1.165, 1.54) is 6.07 Å². The molecule has 0 bridgehead atoms. The largest absolute Gasteiger partial charge is 0.356 e. The fraction of sp³-hybridized carbons (Fsp3) is 0.300. The molecule has 2 amide bonds. The summed E-state index contributed by atoms with van der Waals surface area (Å²) in [5.74, 6) is -0.568. The van der Waals surface area contributed by atoms with Gasteiger partial charge in [-0.15, -0.1) is 0 Å². The Labute approximate surface area is 175 Å². The third-order valence-electron chi connectivity index (χ3n) is 4.03.